The normalized spacial score (nSPS) is 17.4. The van der Waals surface area contributed by atoms with Crippen LogP contribution in [0.5, 0.6) is 5.75 Å². The Morgan fingerprint density at radius 1 is 1.11 bits per heavy atom. The lowest BCUT2D eigenvalue weighted by atomic mass is 10.1. The van der Waals surface area contributed by atoms with Crippen LogP contribution in [0, 0.1) is 13.8 Å². The summed E-state index contributed by atoms with van der Waals surface area (Å²) in [5.74, 6) is 0.755. The largest absolute Gasteiger partial charge is 0.491 e. The molecule has 4 nitrogen and oxygen atoms in total. The maximum atomic E-state index is 12.6. The molecule has 1 aliphatic rings. The van der Waals surface area contributed by atoms with E-state index in [2.05, 4.69) is 18.8 Å². The van der Waals surface area contributed by atoms with Gasteiger partial charge in [0.2, 0.25) is 0 Å². The van der Waals surface area contributed by atoms with Crippen LogP contribution in [0.3, 0.4) is 0 Å². The second kappa shape index (κ2) is 8.01. The number of nitrogens with zero attached hydrogens (tertiary/aromatic N) is 2. The van der Waals surface area contributed by atoms with Gasteiger partial charge < -0.3 is 4.74 Å². The van der Waals surface area contributed by atoms with E-state index in [0.717, 1.165) is 17.0 Å². The summed E-state index contributed by atoms with van der Waals surface area (Å²) >= 11 is 1.39. The average molecular weight is 381 g/mol. The molecule has 0 spiro atoms. The molecular weight excluding hydrogens is 356 g/mol. The highest BCUT2D eigenvalue weighted by molar-refractivity contribution is 8.18. The molecule has 0 aliphatic carbocycles. The number of rotatable bonds is 4. The number of ether oxygens (including phenoxy) is 1. The second-order valence-corrected chi connectivity index (χ2v) is 7.89. The molecule has 3 rings (SSSR count). The van der Waals surface area contributed by atoms with E-state index in [1.807, 2.05) is 62.4 Å². The van der Waals surface area contributed by atoms with E-state index in [1.54, 1.807) is 11.9 Å². The highest BCUT2D eigenvalue weighted by atomic mass is 32.2. The molecule has 0 atom stereocenters. The molecule has 0 bridgehead atoms. The van der Waals surface area contributed by atoms with Gasteiger partial charge in [0.15, 0.2) is 5.17 Å². The summed E-state index contributed by atoms with van der Waals surface area (Å²) in [6.07, 6.45) is 2.00. The van der Waals surface area contributed by atoms with Crippen LogP contribution >= 0.6 is 11.8 Å². The molecule has 0 N–H and O–H groups in total. The molecule has 0 aromatic heterocycles. The van der Waals surface area contributed by atoms with Gasteiger partial charge in [-0.15, -0.1) is 0 Å². The third kappa shape index (κ3) is 4.61. The van der Waals surface area contributed by atoms with Crippen molar-refractivity contribution in [3.8, 4) is 5.75 Å². The van der Waals surface area contributed by atoms with Crippen molar-refractivity contribution in [2.45, 2.75) is 33.8 Å². The van der Waals surface area contributed by atoms with Crippen molar-refractivity contribution in [2.24, 2.45) is 4.99 Å². The van der Waals surface area contributed by atoms with Crippen molar-refractivity contribution >= 4 is 34.6 Å². The number of carbonyl (C=O) groups is 1. The van der Waals surface area contributed by atoms with Gasteiger partial charge in [-0.05, 0) is 86.5 Å². The van der Waals surface area contributed by atoms with E-state index < -0.39 is 0 Å². The van der Waals surface area contributed by atoms with E-state index in [9.17, 15) is 4.79 Å². The predicted octanol–water partition coefficient (Wildman–Crippen LogP) is 5.32. The van der Waals surface area contributed by atoms with Crippen LogP contribution in [0.25, 0.3) is 6.08 Å². The number of aryl methyl sites for hydroxylation is 2. The summed E-state index contributed by atoms with van der Waals surface area (Å²) < 4.78 is 5.73. The summed E-state index contributed by atoms with van der Waals surface area (Å²) in [7, 11) is 1.76. The first kappa shape index (κ1) is 19.2. The molecule has 0 unspecified atom stereocenters. The zero-order valence-electron chi connectivity index (χ0n) is 16.3. The molecule has 1 heterocycles. The highest BCUT2D eigenvalue weighted by Crippen LogP contribution is 2.33. The first-order chi connectivity index (χ1) is 12.8. The number of benzene rings is 2. The van der Waals surface area contributed by atoms with E-state index in [1.165, 1.54) is 22.9 Å². The topological polar surface area (TPSA) is 41.9 Å². The fraction of sp³-hybridized carbons (Fsp3) is 0.273. The fourth-order valence-corrected chi connectivity index (χ4v) is 3.65. The smallest absolute Gasteiger partial charge is 0.266 e. The van der Waals surface area contributed by atoms with Crippen LogP contribution in [0.4, 0.5) is 5.69 Å². The Morgan fingerprint density at radius 2 is 1.89 bits per heavy atom. The van der Waals surface area contributed by atoms with Gasteiger partial charge in [0.1, 0.15) is 5.75 Å². The molecule has 2 aromatic rings. The van der Waals surface area contributed by atoms with Gasteiger partial charge in [-0.3, -0.25) is 9.69 Å². The van der Waals surface area contributed by atoms with Crippen LogP contribution in [0.15, 0.2) is 52.4 Å². The fourth-order valence-electron chi connectivity index (χ4n) is 2.66. The van der Waals surface area contributed by atoms with Gasteiger partial charge in [0, 0.05) is 7.05 Å². The standard InChI is InChI=1S/C22H24N2O2S/c1-14(2)26-19-8-6-7-17(12-19)13-20-21(25)24(5)22(27-20)23-18-10-9-15(3)16(4)11-18/h6-14H,1-5H3/b20-13+,23-22?. The third-order valence-electron chi connectivity index (χ3n) is 4.25. The lowest BCUT2D eigenvalue weighted by molar-refractivity contribution is -0.121. The number of amides is 1. The molecule has 0 radical (unpaired) electrons. The minimum absolute atomic E-state index is 0.0437. The Bertz CT molecular complexity index is 932. The quantitative estimate of drug-likeness (QED) is 0.674. The SMILES string of the molecule is Cc1ccc(N=C2S/C(=C/c3cccc(OC(C)C)c3)C(=O)N2C)cc1C. The minimum Gasteiger partial charge on any atom is -0.491 e. The average Bonchev–Trinajstić information content (AvgIpc) is 2.86. The Kier molecular flexibility index (Phi) is 5.71. The van der Waals surface area contributed by atoms with E-state index in [4.69, 9.17) is 4.74 Å². The van der Waals surface area contributed by atoms with E-state index in [0.29, 0.717) is 10.1 Å². The summed E-state index contributed by atoms with van der Waals surface area (Å²) in [5, 5.41) is 0.684. The summed E-state index contributed by atoms with van der Waals surface area (Å²) in [5.41, 5.74) is 4.21. The van der Waals surface area contributed by atoms with E-state index in [-0.39, 0.29) is 12.0 Å². The molecule has 1 saturated heterocycles. The van der Waals surface area contributed by atoms with Gasteiger partial charge in [0.25, 0.3) is 5.91 Å². The van der Waals surface area contributed by atoms with Crippen molar-refractivity contribution in [1.82, 2.24) is 4.90 Å². The second-order valence-electron chi connectivity index (χ2n) is 6.88. The highest BCUT2D eigenvalue weighted by Gasteiger charge is 2.30. The summed E-state index contributed by atoms with van der Waals surface area (Å²) in [4.78, 5) is 19.5. The molecule has 140 valence electrons. The number of carbonyl (C=O) groups excluding carboxylic acids is 1. The third-order valence-corrected chi connectivity index (χ3v) is 5.31. The molecular formula is C22H24N2O2S. The number of thioether (sulfide) groups is 1. The predicted molar refractivity (Wildman–Crippen MR) is 114 cm³/mol. The Hall–Kier alpha value is -2.53. The molecule has 1 fully saturated rings. The molecule has 0 saturated carbocycles. The van der Waals surface area contributed by atoms with Gasteiger partial charge in [0.05, 0.1) is 16.7 Å². The maximum Gasteiger partial charge on any atom is 0.266 e. The zero-order chi connectivity index (χ0) is 19.6. The Morgan fingerprint density at radius 3 is 2.59 bits per heavy atom. The molecule has 27 heavy (non-hydrogen) atoms. The Balaban J connectivity index is 1.86. The van der Waals surface area contributed by atoms with Crippen molar-refractivity contribution < 1.29 is 9.53 Å². The van der Waals surface area contributed by atoms with Gasteiger partial charge in [-0.1, -0.05) is 18.2 Å². The number of hydrogen-bond acceptors (Lipinski definition) is 4. The van der Waals surface area contributed by atoms with Crippen molar-refractivity contribution in [2.75, 3.05) is 7.05 Å². The zero-order valence-corrected chi connectivity index (χ0v) is 17.1. The number of amidine groups is 1. The minimum atomic E-state index is -0.0437. The number of aliphatic imine (C=N–C) groups is 1. The monoisotopic (exact) mass is 380 g/mol. The van der Waals surface area contributed by atoms with Crippen molar-refractivity contribution in [3.05, 3.63) is 64.1 Å². The van der Waals surface area contributed by atoms with Crippen molar-refractivity contribution in [3.63, 3.8) is 0 Å². The van der Waals surface area contributed by atoms with Crippen LogP contribution < -0.4 is 4.74 Å². The molecule has 5 heteroatoms. The van der Waals surface area contributed by atoms with Crippen LogP contribution in [-0.2, 0) is 4.79 Å². The first-order valence-electron chi connectivity index (χ1n) is 8.94. The van der Waals surface area contributed by atoms with Gasteiger partial charge in [-0.25, -0.2) is 4.99 Å². The maximum absolute atomic E-state index is 12.6. The molecule has 2 aromatic carbocycles. The summed E-state index contributed by atoms with van der Waals surface area (Å²) in [6, 6.07) is 13.8. The molecule has 1 aliphatic heterocycles. The Labute approximate surface area is 164 Å². The van der Waals surface area contributed by atoms with E-state index >= 15 is 0 Å². The van der Waals surface area contributed by atoms with Crippen LogP contribution in [0.1, 0.15) is 30.5 Å². The molecule has 1 amide bonds. The lowest BCUT2D eigenvalue weighted by Gasteiger charge is -2.09. The van der Waals surface area contributed by atoms with Gasteiger partial charge >= 0.3 is 0 Å². The number of likely N-dealkylation sites (N-methyl/N-ethyl adjacent to an activating group) is 1. The van der Waals surface area contributed by atoms with Crippen molar-refractivity contribution in [1.29, 1.82) is 0 Å². The van der Waals surface area contributed by atoms with Crippen LogP contribution in [-0.4, -0.2) is 29.1 Å². The first-order valence-corrected chi connectivity index (χ1v) is 9.75. The van der Waals surface area contributed by atoms with Crippen LogP contribution in [0.2, 0.25) is 0 Å². The summed E-state index contributed by atoms with van der Waals surface area (Å²) in [6.45, 7) is 8.12. The van der Waals surface area contributed by atoms with Gasteiger partial charge in [-0.2, -0.15) is 0 Å². The number of hydrogen-bond donors (Lipinski definition) is 0. The lowest BCUT2D eigenvalue weighted by Crippen LogP contribution is -2.23.